The molecular weight excluding hydrogens is 334 g/mol. The number of carbonyl (C=O) groups is 1. The number of nitrogens with zero attached hydrogens (tertiary/aromatic N) is 5. The Kier molecular flexibility index (Phi) is 5.12. The van der Waals surface area contributed by atoms with E-state index in [1.54, 1.807) is 11.3 Å². The number of likely N-dealkylation sites (tertiary alicyclic amines) is 2. The van der Waals surface area contributed by atoms with Gasteiger partial charge in [-0.25, -0.2) is 9.97 Å². The predicted molar refractivity (Wildman–Crippen MR) is 97.7 cm³/mol. The molecule has 0 aliphatic carbocycles. The topological polar surface area (TPSA) is 54.3 Å². The number of rotatable bonds is 5. The Morgan fingerprint density at radius 1 is 1.20 bits per heavy atom. The second-order valence-electron chi connectivity index (χ2n) is 7.06. The number of carbonyl (C=O) groups excluding carboxylic acids is 1. The fourth-order valence-corrected chi connectivity index (χ4v) is 4.50. The normalized spacial score (nSPS) is 21.8. The molecule has 0 aromatic carbocycles. The number of hydrogen-bond donors (Lipinski definition) is 0. The summed E-state index contributed by atoms with van der Waals surface area (Å²) in [7, 11) is 0. The molecule has 0 saturated carbocycles. The summed E-state index contributed by atoms with van der Waals surface area (Å²) in [6, 6.07) is 0. The van der Waals surface area contributed by atoms with Crippen LogP contribution in [0.4, 0.5) is 0 Å². The van der Waals surface area contributed by atoms with E-state index in [9.17, 15) is 4.79 Å². The van der Waals surface area contributed by atoms with Crippen LogP contribution in [-0.2, 0) is 11.3 Å². The third-order valence-corrected chi connectivity index (χ3v) is 5.90. The third-order valence-electron chi connectivity index (χ3n) is 5.26. The van der Waals surface area contributed by atoms with Crippen LogP contribution in [0.25, 0.3) is 0 Å². The minimum Gasteiger partial charge on any atom is -0.341 e. The molecule has 0 spiro atoms. The van der Waals surface area contributed by atoms with E-state index in [4.69, 9.17) is 0 Å². The van der Waals surface area contributed by atoms with Gasteiger partial charge in [-0.2, -0.15) is 0 Å². The average molecular weight is 359 g/mol. The first-order valence-electron chi connectivity index (χ1n) is 9.18. The first kappa shape index (κ1) is 16.7. The van der Waals surface area contributed by atoms with E-state index in [1.807, 2.05) is 22.8 Å². The first-order chi connectivity index (χ1) is 12.3. The average Bonchev–Trinajstić information content (AvgIpc) is 3.38. The van der Waals surface area contributed by atoms with Crippen molar-refractivity contribution in [1.29, 1.82) is 0 Å². The van der Waals surface area contributed by atoms with Crippen LogP contribution in [0, 0.1) is 0 Å². The molecule has 2 aliphatic heterocycles. The van der Waals surface area contributed by atoms with E-state index in [-0.39, 0.29) is 5.91 Å². The molecule has 1 amide bonds. The minimum atomic E-state index is 0.282. The lowest BCUT2D eigenvalue weighted by molar-refractivity contribution is -0.133. The van der Waals surface area contributed by atoms with Crippen molar-refractivity contribution in [2.75, 3.05) is 32.7 Å². The zero-order valence-electron chi connectivity index (χ0n) is 14.5. The lowest BCUT2D eigenvalue weighted by Crippen LogP contribution is -2.44. The molecule has 4 rings (SSSR count). The second-order valence-corrected chi connectivity index (χ2v) is 7.77. The van der Waals surface area contributed by atoms with Crippen LogP contribution in [0.2, 0.25) is 0 Å². The van der Waals surface area contributed by atoms with Crippen LogP contribution in [0.3, 0.4) is 0 Å². The van der Waals surface area contributed by atoms with Crippen LogP contribution in [0.1, 0.15) is 43.1 Å². The molecule has 7 heteroatoms. The molecule has 1 atom stereocenters. The minimum absolute atomic E-state index is 0.282. The molecule has 134 valence electrons. The molecule has 2 aliphatic rings. The van der Waals surface area contributed by atoms with Gasteiger partial charge in [-0.1, -0.05) is 0 Å². The van der Waals surface area contributed by atoms with Gasteiger partial charge < -0.3 is 9.47 Å². The zero-order chi connectivity index (χ0) is 17.1. The lowest BCUT2D eigenvalue weighted by atomic mass is 9.97. The van der Waals surface area contributed by atoms with Gasteiger partial charge in [0.15, 0.2) is 0 Å². The highest BCUT2D eigenvalue weighted by Gasteiger charge is 2.28. The highest BCUT2D eigenvalue weighted by Crippen LogP contribution is 2.26. The van der Waals surface area contributed by atoms with E-state index in [0.717, 1.165) is 57.1 Å². The van der Waals surface area contributed by atoms with Crippen molar-refractivity contribution in [2.45, 2.75) is 38.1 Å². The largest absolute Gasteiger partial charge is 0.341 e. The van der Waals surface area contributed by atoms with Crippen LogP contribution in [0.15, 0.2) is 23.3 Å². The SMILES string of the molecule is O=C(CN1CCCC1)N1CCCC(c2nccn2Cc2cscn2)C1. The van der Waals surface area contributed by atoms with Crippen molar-refractivity contribution < 1.29 is 4.79 Å². The van der Waals surface area contributed by atoms with Crippen LogP contribution in [0.5, 0.6) is 0 Å². The van der Waals surface area contributed by atoms with Gasteiger partial charge in [0.2, 0.25) is 5.91 Å². The zero-order valence-corrected chi connectivity index (χ0v) is 15.3. The predicted octanol–water partition coefficient (Wildman–Crippen LogP) is 2.19. The van der Waals surface area contributed by atoms with E-state index in [1.165, 1.54) is 12.8 Å². The summed E-state index contributed by atoms with van der Waals surface area (Å²) >= 11 is 1.62. The maximum atomic E-state index is 12.7. The van der Waals surface area contributed by atoms with E-state index < -0.39 is 0 Å². The Bertz CT molecular complexity index is 692. The third kappa shape index (κ3) is 3.93. The highest BCUT2D eigenvalue weighted by atomic mass is 32.1. The van der Waals surface area contributed by atoms with E-state index >= 15 is 0 Å². The van der Waals surface area contributed by atoms with Crippen molar-refractivity contribution in [3.8, 4) is 0 Å². The molecule has 6 nitrogen and oxygen atoms in total. The smallest absolute Gasteiger partial charge is 0.236 e. The van der Waals surface area contributed by atoms with Gasteiger partial charge in [0.05, 0.1) is 24.3 Å². The quantitative estimate of drug-likeness (QED) is 0.821. The fourth-order valence-electron chi connectivity index (χ4n) is 3.95. The monoisotopic (exact) mass is 359 g/mol. The Morgan fingerprint density at radius 2 is 2.08 bits per heavy atom. The van der Waals surface area contributed by atoms with Gasteiger partial charge >= 0.3 is 0 Å². The Hall–Kier alpha value is -1.73. The van der Waals surface area contributed by atoms with Crippen molar-refractivity contribution in [3.05, 3.63) is 34.8 Å². The molecule has 2 aromatic rings. The van der Waals surface area contributed by atoms with Crippen molar-refractivity contribution in [1.82, 2.24) is 24.3 Å². The first-order valence-corrected chi connectivity index (χ1v) is 10.1. The number of piperidine rings is 1. The molecule has 0 bridgehead atoms. The maximum Gasteiger partial charge on any atom is 0.236 e. The van der Waals surface area contributed by atoms with Gasteiger partial charge in [-0.3, -0.25) is 9.69 Å². The number of amides is 1. The van der Waals surface area contributed by atoms with Crippen molar-refractivity contribution in [2.24, 2.45) is 0 Å². The Morgan fingerprint density at radius 3 is 2.88 bits per heavy atom. The van der Waals surface area contributed by atoms with Gasteiger partial charge in [0, 0.05) is 36.8 Å². The Labute approximate surface area is 152 Å². The highest BCUT2D eigenvalue weighted by molar-refractivity contribution is 7.07. The van der Waals surface area contributed by atoms with E-state index in [0.29, 0.717) is 12.5 Å². The number of hydrogen-bond acceptors (Lipinski definition) is 5. The molecule has 25 heavy (non-hydrogen) atoms. The summed E-state index contributed by atoms with van der Waals surface area (Å²) in [5, 5.41) is 2.08. The molecule has 0 N–H and O–H groups in total. The molecule has 4 heterocycles. The summed E-state index contributed by atoms with van der Waals surface area (Å²) in [5.74, 6) is 1.70. The molecule has 1 unspecified atom stereocenters. The summed E-state index contributed by atoms with van der Waals surface area (Å²) in [4.78, 5) is 26.0. The molecule has 0 radical (unpaired) electrons. The van der Waals surface area contributed by atoms with E-state index in [2.05, 4.69) is 24.8 Å². The van der Waals surface area contributed by atoms with Gasteiger partial charge in [0.25, 0.3) is 0 Å². The Balaban J connectivity index is 1.41. The lowest BCUT2D eigenvalue weighted by Gasteiger charge is -2.33. The van der Waals surface area contributed by atoms with Crippen molar-refractivity contribution >= 4 is 17.2 Å². The summed E-state index contributed by atoms with van der Waals surface area (Å²) in [5.41, 5.74) is 2.94. The number of thiazole rings is 1. The van der Waals surface area contributed by atoms with Crippen molar-refractivity contribution in [3.63, 3.8) is 0 Å². The standard InChI is InChI=1S/C18H25N5OS/c24-17(12-21-6-1-2-7-21)22-8-3-4-15(10-22)18-19-5-9-23(18)11-16-13-25-14-20-16/h5,9,13-15H,1-4,6-8,10-12H2. The van der Waals surface area contributed by atoms with Crippen LogP contribution < -0.4 is 0 Å². The fraction of sp³-hybridized carbons (Fsp3) is 0.611. The second kappa shape index (κ2) is 7.66. The van der Waals surface area contributed by atoms with Gasteiger partial charge in [-0.15, -0.1) is 11.3 Å². The number of aromatic nitrogens is 3. The molecular formula is C18H25N5OS. The van der Waals surface area contributed by atoms with Gasteiger partial charge in [-0.05, 0) is 38.8 Å². The molecule has 2 saturated heterocycles. The summed E-state index contributed by atoms with van der Waals surface area (Å²) in [6.45, 7) is 5.16. The summed E-state index contributed by atoms with van der Waals surface area (Å²) in [6.07, 6.45) is 8.50. The van der Waals surface area contributed by atoms with Crippen LogP contribution >= 0.6 is 11.3 Å². The summed E-state index contributed by atoms with van der Waals surface area (Å²) < 4.78 is 2.19. The molecule has 2 fully saturated rings. The van der Waals surface area contributed by atoms with Gasteiger partial charge in [0.1, 0.15) is 5.82 Å². The maximum absolute atomic E-state index is 12.7. The number of imidazole rings is 1. The molecule has 2 aromatic heterocycles. The van der Waals surface area contributed by atoms with Crippen LogP contribution in [-0.4, -0.2) is 63.0 Å².